The van der Waals surface area contributed by atoms with E-state index in [0.717, 1.165) is 19.5 Å². The van der Waals surface area contributed by atoms with Gasteiger partial charge in [-0.15, -0.1) is 6.58 Å². The van der Waals surface area contributed by atoms with E-state index >= 15 is 0 Å². The van der Waals surface area contributed by atoms with Crippen molar-refractivity contribution in [2.24, 2.45) is 0 Å². The SMILES string of the molecule is C=CCN(/C=C(/C=CC)CC)CC. The minimum absolute atomic E-state index is 0.928. The van der Waals surface area contributed by atoms with Gasteiger partial charge >= 0.3 is 0 Å². The minimum atomic E-state index is 0.928. The van der Waals surface area contributed by atoms with Gasteiger partial charge in [0, 0.05) is 19.3 Å². The van der Waals surface area contributed by atoms with E-state index in [0.29, 0.717) is 0 Å². The van der Waals surface area contributed by atoms with Crippen LogP contribution in [0, 0.1) is 0 Å². The van der Waals surface area contributed by atoms with Crippen LogP contribution in [0.15, 0.2) is 36.6 Å². The van der Waals surface area contributed by atoms with Crippen LogP contribution < -0.4 is 0 Å². The second kappa shape index (κ2) is 7.66. The number of nitrogens with zero attached hydrogens (tertiary/aromatic N) is 1. The number of hydrogen-bond donors (Lipinski definition) is 0. The van der Waals surface area contributed by atoms with Crippen LogP contribution in [0.4, 0.5) is 0 Å². The summed E-state index contributed by atoms with van der Waals surface area (Å²) in [5.74, 6) is 0. The summed E-state index contributed by atoms with van der Waals surface area (Å²) in [6.45, 7) is 12.1. The van der Waals surface area contributed by atoms with E-state index < -0.39 is 0 Å². The summed E-state index contributed by atoms with van der Waals surface area (Å²) in [7, 11) is 0. The summed E-state index contributed by atoms with van der Waals surface area (Å²) in [5, 5.41) is 0. The van der Waals surface area contributed by atoms with E-state index in [9.17, 15) is 0 Å². The molecule has 1 nitrogen and oxygen atoms in total. The van der Waals surface area contributed by atoms with Crippen LogP contribution in [-0.4, -0.2) is 18.0 Å². The molecular formula is C12H21N. The predicted molar refractivity (Wildman–Crippen MR) is 60.6 cm³/mol. The van der Waals surface area contributed by atoms with Gasteiger partial charge in [-0.1, -0.05) is 25.2 Å². The average molecular weight is 179 g/mol. The summed E-state index contributed by atoms with van der Waals surface area (Å²) in [5.41, 5.74) is 1.37. The van der Waals surface area contributed by atoms with E-state index in [1.54, 1.807) is 0 Å². The molecule has 0 saturated carbocycles. The van der Waals surface area contributed by atoms with E-state index in [1.165, 1.54) is 5.57 Å². The molecule has 1 heteroatoms. The Bertz CT molecular complexity index is 189. The third kappa shape index (κ3) is 5.29. The molecule has 0 aliphatic rings. The second-order valence-electron chi connectivity index (χ2n) is 2.93. The molecule has 0 amide bonds. The number of hydrogen-bond acceptors (Lipinski definition) is 1. The maximum atomic E-state index is 3.74. The largest absolute Gasteiger partial charge is 0.374 e. The third-order valence-corrected chi connectivity index (χ3v) is 1.91. The van der Waals surface area contributed by atoms with E-state index in [4.69, 9.17) is 0 Å². The summed E-state index contributed by atoms with van der Waals surface area (Å²) >= 11 is 0. The molecule has 0 fully saturated rings. The van der Waals surface area contributed by atoms with Gasteiger partial charge in [0.05, 0.1) is 0 Å². The fraction of sp³-hybridized carbons (Fsp3) is 0.500. The van der Waals surface area contributed by atoms with Gasteiger partial charge in [-0.05, 0) is 25.8 Å². The topological polar surface area (TPSA) is 3.24 Å². The Morgan fingerprint density at radius 2 is 2.08 bits per heavy atom. The molecule has 0 heterocycles. The van der Waals surface area contributed by atoms with Crippen molar-refractivity contribution >= 4 is 0 Å². The van der Waals surface area contributed by atoms with Gasteiger partial charge in [0.25, 0.3) is 0 Å². The Morgan fingerprint density at radius 3 is 2.46 bits per heavy atom. The van der Waals surface area contributed by atoms with Crippen molar-refractivity contribution in [1.82, 2.24) is 4.90 Å². The summed E-state index contributed by atoms with van der Waals surface area (Å²) in [6, 6.07) is 0. The maximum absolute atomic E-state index is 3.74. The zero-order valence-electron chi connectivity index (χ0n) is 9.09. The monoisotopic (exact) mass is 179 g/mol. The average Bonchev–Trinajstić information content (AvgIpc) is 2.16. The highest BCUT2D eigenvalue weighted by Crippen LogP contribution is 2.04. The summed E-state index contributed by atoms with van der Waals surface area (Å²) < 4.78 is 0. The van der Waals surface area contributed by atoms with Crippen LogP contribution in [0.25, 0.3) is 0 Å². The standard InChI is InChI=1S/C12H21N/c1-5-9-12(7-3)11-13(8-4)10-6-2/h5-6,9,11H,2,7-8,10H2,1,3-4H3/b9-5?,12-11+. The number of rotatable bonds is 6. The molecule has 0 aromatic heterocycles. The van der Waals surface area contributed by atoms with Crippen molar-refractivity contribution in [3.8, 4) is 0 Å². The molecule has 0 bridgehead atoms. The van der Waals surface area contributed by atoms with Gasteiger partial charge in [0.15, 0.2) is 0 Å². The van der Waals surface area contributed by atoms with Gasteiger partial charge in [0.2, 0.25) is 0 Å². The first kappa shape index (κ1) is 12.0. The Morgan fingerprint density at radius 1 is 1.38 bits per heavy atom. The van der Waals surface area contributed by atoms with Crippen molar-refractivity contribution < 1.29 is 0 Å². The highest BCUT2D eigenvalue weighted by molar-refractivity contribution is 5.17. The fourth-order valence-electron chi connectivity index (χ4n) is 1.14. The molecule has 0 aromatic rings. The first-order valence-corrected chi connectivity index (χ1v) is 4.96. The molecule has 0 saturated heterocycles. The summed E-state index contributed by atoms with van der Waals surface area (Å²) in [4.78, 5) is 2.26. The Balaban J connectivity index is 4.33. The van der Waals surface area contributed by atoms with Crippen LogP contribution in [0.2, 0.25) is 0 Å². The Labute approximate surface area is 82.4 Å². The number of allylic oxidation sites excluding steroid dienone is 3. The lowest BCUT2D eigenvalue weighted by Gasteiger charge is -2.16. The van der Waals surface area contributed by atoms with Crippen molar-refractivity contribution in [3.63, 3.8) is 0 Å². The van der Waals surface area contributed by atoms with Crippen LogP contribution in [-0.2, 0) is 0 Å². The van der Waals surface area contributed by atoms with Crippen molar-refractivity contribution in [3.05, 3.63) is 36.6 Å². The van der Waals surface area contributed by atoms with Gasteiger partial charge in [-0.25, -0.2) is 0 Å². The smallest absolute Gasteiger partial charge is 0.0351 e. The lowest BCUT2D eigenvalue weighted by molar-refractivity contribution is 0.436. The first-order chi connectivity index (χ1) is 6.28. The van der Waals surface area contributed by atoms with Crippen molar-refractivity contribution in [2.45, 2.75) is 27.2 Å². The van der Waals surface area contributed by atoms with E-state index in [2.05, 4.69) is 43.7 Å². The molecule has 0 rings (SSSR count). The molecule has 0 radical (unpaired) electrons. The molecule has 74 valence electrons. The molecule has 13 heavy (non-hydrogen) atoms. The van der Waals surface area contributed by atoms with Gasteiger partial charge < -0.3 is 4.90 Å². The lowest BCUT2D eigenvalue weighted by Crippen LogP contribution is -2.16. The van der Waals surface area contributed by atoms with Crippen LogP contribution >= 0.6 is 0 Å². The third-order valence-electron chi connectivity index (χ3n) is 1.91. The van der Waals surface area contributed by atoms with Gasteiger partial charge in [-0.2, -0.15) is 0 Å². The van der Waals surface area contributed by atoms with Crippen molar-refractivity contribution in [1.29, 1.82) is 0 Å². The molecule has 0 N–H and O–H groups in total. The van der Waals surface area contributed by atoms with Gasteiger partial charge in [0.1, 0.15) is 0 Å². The molecule has 0 aliphatic carbocycles. The highest BCUT2D eigenvalue weighted by Gasteiger charge is 1.94. The van der Waals surface area contributed by atoms with Crippen LogP contribution in [0.5, 0.6) is 0 Å². The normalized spacial score (nSPS) is 12.1. The maximum Gasteiger partial charge on any atom is 0.0351 e. The molecule has 0 spiro atoms. The predicted octanol–water partition coefficient (Wildman–Crippen LogP) is 3.36. The quantitative estimate of drug-likeness (QED) is 0.446. The molecule has 0 unspecified atom stereocenters. The Hall–Kier alpha value is -0.980. The highest BCUT2D eigenvalue weighted by atomic mass is 15.1. The molecule has 0 aromatic carbocycles. The molecule has 0 atom stereocenters. The van der Waals surface area contributed by atoms with E-state index in [-0.39, 0.29) is 0 Å². The van der Waals surface area contributed by atoms with E-state index in [1.807, 2.05) is 13.0 Å². The number of likely N-dealkylation sites (N-methyl/N-ethyl adjacent to an activating group) is 1. The Kier molecular flexibility index (Phi) is 7.08. The fourth-order valence-corrected chi connectivity index (χ4v) is 1.14. The second-order valence-corrected chi connectivity index (χ2v) is 2.93. The van der Waals surface area contributed by atoms with Crippen molar-refractivity contribution in [2.75, 3.05) is 13.1 Å². The summed E-state index contributed by atoms with van der Waals surface area (Å²) in [6.07, 6.45) is 9.46. The van der Waals surface area contributed by atoms with Crippen LogP contribution in [0.1, 0.15) is 27.2 Å². The molecule has 0 aliphatic heterocycles. The zero-order chi connectivity index (χ0) is 10.1. The van der Waals surface area contributed by atoms with Crippen LogP contribution in [0.3, 0.4) is 0 Å². The van der Waals surface area contributed by atoms with Gasteiger partial charge in [-0.3, -0.25) is 0 Å². The zero-order valence-corrected chi connectivity index (χ0v) is 9.09. The molecular weight excluding hydrogens is 158 g/mol. The minimum Gasteiger partial charge on any atom is -0.374 e. The first-order valence-electron chi connectivity index (χ1n) is 4.96. The lowest BCUT2D eigenvalue weighted by atomic mass is 10.2.